The van der Waals surface area contributed by atoms with Crippen molar-refractivity contribution in [1.29, 1.82) is 0 Å². The van der Waals surface area contributed by atoms with Crippen LogP contribution in [0.15, 0.2) is 40.2 Å². The average Bonchev–Trinajstić information content (AvgIpc) is 2.83. The van der Waals surface area contributed by atoms with E-state index in [1.807, 2.05) is 0 Å². The van der Waals surface area contributed by atoms with Crippen molar-refractivity contribution >= 4 is 27.9 Å². The summed E-state index contributed by atoms with van der Waals surface area (Å²) in [6.07, 6.45) is 0.805. The molecule has 0 saturated carbocycles. The summed E-state index contributed by atoms with van der Waals surface area (Å²) in [5.41, 5.74) is 0.466. The quantitative estimate of drug-likeness (QED) is 0.513. The van der Waals surface area contributed by atoms with Crippen molar-refractivity contribution < 1.29 is 27.9 Å². The Labute approximate surface area is 203 Å². The maximum Gasteiger partial charge on any atom is 0.407 e. The number of esters is 1. The molecule has 1 N–H and O–H groups in total. The lowest BCUT2D eigenvalue weighted by molar-refractivity contribution is -0.143. The van der Waals surface area contributed by atoms with E-state index in [-0.39, 0.29) is 62.3 Å². The van der Waals surface area contributed by atoms with Gasteiger partial charge in [0.1, 0.15) is 0 Å². The molecule has 0 aliphatic carbocycles. The summed E-state index contributed by atoms with van der Waals surface area (Å²) in [5, 5.41) is 9.20. The van der Waals surface area contributed by atoms with Crippen molar-refractivity contribution in [3.05, 3.63) is 46.5 Å². The van der Waals surface area contributed by atoms with E-state index in [0.717, 1.165) is 4.31 Å². The molecule has 1 saturated heterocycles. The van der Waals surface area contributed by atoms with Gasteiger partial charge in [-0.2, -0.15) is 0 Å². The summed E-state index contributed by atoms with van der Waals surface area (Å²) in [6, 6.07) is 5.89. The Morgan fingerprint density at radius 2 is 1.74 bits per heavy atom. The molecule has 2 aromatic rings. The first-order valence-corrected chi connectivity index (χ1v) is 12.5. The standard InChI is InChI=1S/C22H29N5O7S/c1-4-34-19(28)10-5-16-15-27(17-6-8-18(9-7-17)35(32,33)24(2)3)21(29)20(23-16)25-11-13-26(14-12-25)22(30)31/h6-9,15H,4-5,10-14H2,1-3H3,(H,30,31). The molecule has 2 heterocycles. The molecule has 0 spiro atoms. The minimum atomic E-state index is -3.63. The van der Waals surface area contributed by atoms with E-state index in [2.05, 4.69) is 4.98 Å². The predicted molar refractivity (Wildman–Crippen MR) is 127 cm³/mol. The third kappa shape index (κ3) is 5.98. The number of benzene rings is 1. The van der Waals surface area contributed by atoms with E-state index in [4.69, 9.17) is 4.74 Å². The van der Waals surface area contributed by atoms with E-state index in [1.54, 1.807) is 11.8 Å². The summed E-state index contributed by atoms with van der Waals surface area (Å²) in [7, 11) is -0.767. The van der Waals surface area contributed by atoms with Gasteiger partial charge in [-0.3, -0.25) is 14.2 Å². The molecule has 0 bridgehead atoms. The van der Waals surface area contributed by atoms with E-state index >= 15 is 0 Å². The van der Waals surface area contributed by atoms with Crippen LogP contribution in [-0.2, 0) is 26.0 Å². The van der Waals surface area contributed by atoms with Gasteiger partial charge in [0.25, 0.3) is 5.56 Å². The fraction of sp³-hybridized carbons (Fsp3) is 0.455. The minimum Gasteiger partial charge on any atom is -0.466 e. The zero-order valence-electron chi connectivity index (χ0n) is 19.9. The second-order valence-electron chi connectivity index (χ2n) is 8.07. The molecule has 1 fully saturated rings. The molecular weight excluding hydrogens is 478 g/mol. The van der Waals surface area contributed by atoms with E-state index in [0.29, 0.717) is 11.4 Å². The summed E-state index contributed by atoms with van der Waals surface area (Å²) in [4.78, 5) is 44.0. The Bertz CT molecular complexity index is 1230. The molecule has 1 aromatic heterocycles. The van der Waals surface area contributed by atoms with Gasteiger partial charge in [-0.1, -0.05) is 0 Å². The SMILES string of the molecule is CCOC(=O)CCc1cn(-c2ccc(S(=O)(=O)N(C)C)cc2)c(=O)c(N2CCN(C(=O)O)CC2)n1. The van der Waals surface area contributed by atoms with Crippen LogP contribution < -0.4 is 10.5 Å². The maximum absolute atomic E-state index is 13.4. The van der Waals surface area contributed by atoms with Crippen LogP contribution in [0.2, 0.25) is 0 Å². The Kier molecular flexibility index (Phi) is 8.12. The number of rotatable bonds is 8. The Morgan fingerprint density at radius 3 is 2.29 bits per heavy atom. The van der Waals surface area contributed by atoms with E-state index < -0.39 is 21.7 Å². The highest BCUT2D eigenvalue weighted by molar-refractivity contribution is 7.89. The number of carbonyl (C=O) groups excluding carboxylic acids is 1. The second-order valence-corrected chi connectivity index (χ2v) is 10.2. The zero-order valence-corrected chi connectivity index (χ0v) is 20.7. The Balaban J connectivity index is 1.99. The van der Waals surface area contributed by atoms with E-state index in [9.17, 15) is 27.9 Å². The first-order chi connectivity index (χ1) is 16.5. The number of piperazine rings is 1. The molecule has 35 heavy (non-hydrogen) atoms. The average molecular weight is 508 g/mol. The highest BCUT2D eigenvalue weighted by Crippen LogP contribution is 2.18. The number of amides is 1. The normalized spacial score (nSPS) is 14.3. The minimum absolute atomic E-state index is 0.0747. The van der Waals surface area contributed by atoms with Crippen LogP contribution in [0.25, 0.3) is 5.69 Å². The van der Waals surface area contributed by atoms with Crippen LogP contribution in [-0.4, -0.2) is 91.2 Å². The molecule has 190 valence electrons. The van der Waals surface area contributed by atoms with Gasteiger partial charge >= 0.3 is 12.1 Å². The van der Waals surface area contributed by atoms with Crippen LogP contribution in [0.1, 0.15) is 19.0 Å². The predicted octanol–water partition coefficient (Wildman–Crippen LogP) is 0.779. The van der Waals surface area contributed by atoms with Crippen molar-refractivity contribution in [2.75, 3.05) is 51.8 Å². The molecule has 0 radical (unpaired) electrons. The van der Waals surface area contributed by atoms with Crippen molar-refractivity contribution in [1.82, 2.24) is 18.8 Å². The smallest absolute Gasteiger partial charge is 0.407 e. The zero-order chi connectivity index (χ0) is 25.8. The molecule has 12 nitrogen and oxygen atoms in total. The lowest BCUT2D eigenvalue weighted by Crippen LogP contribution is -2.50. The van der Waals surface area contributed by atoms with Crippen LogP contribution >= 0.6 is 0 Å². The number of anilines is 1. The number of hydrogen-bond donors (Lipinski definition) is 1. The van der Waals surface area contributed by atoms with Gasteiger partial charge in [-0.05, 0) is 31.2 Å². The number of aromatic nitrogens is 2. The van der Waals surface area contributed by atoms with Crippen molar-refractivity contribution in [3.63, 3.8) is 0 Å². The van der Waals surface area contributed by atoms with Gasteiger partial charge < -0.3 is 19.6 Å². The summed E-state index contributed by atoms with van der Waals surface area (Å²) in [5.74, 6) is -0.247. The first kappa shape index (κ1) is 26.2. The molecule has 3 rings (SSSR count). The molecule has 13 heteroatoms. The highest BCUT2D eigenvalue weighted by atomic mass is 32.2. The van der Waals surface area contributed by atoms with Crippen LogP contribution in [0.5, 0.6) is 0 Å². The summed E-state index contributed by atoms with van der Waals surface area (Å²) >= 11 is 0. The third-order valence-corrected chi connectivity index (χ3v) is 7.40. The number of aryl methyl sites for hydroxylation is 1. The van der Waals surface area contributed by atoms with Crippen molar-refractivity contribution in [2.45, 2.75) is 24.7 Å². The highest BCUT2D eigenvalue weighted by Gasteiger charge is 2.25. The number of sulfonamides is 1. The van der Waals surface area contributed by atoms with Gasteiger partial charge in [0.2, 0.25) is 10.0 Å². The topological polar surface area (TPSA) is 142 Å². The number of carbonyl (C=O) groups is 2. The van der Waals surface area contributed by atoms with Gasteiger partial charge in [-0.25, -0.2) is 22.5 Å². The number of carboxylic acid groups (broad SMARTS) is 1. The summed E-state index contributed by atoms with van der Waals surface area (Å²) < 4.78 is 32.2. The number of hydrogen-bond acceptors (Lipinski definition) is 8. The summed E-state index contributed by atoms with van der Waals surface area (Å²) in [6.45, 7) is 2.99. The number of ether oxygens (including phenoxy) is 1. The van der Waals surface area contributed by atoms with Gasteiger partial charge in [0.15, 0.2) is 5.82 Å². The largest absolute Gasteiger partial charge is 0.466 e. The fourth-order valence-corrected chi connectivity index (χ4v) is 4.51. The van der Waals surface area contributed by atoms with Crippen molar-refractivity contribution in [3.8, 4) is 5.69 Å². The lowest BCUT2D eigenvalue weighted by Gasteiger charge is -2.33. The van der Waals surface area contributed by atoms with Gasteiger partial charge in [0, 0.05) is 58.6 Å². The first-order valence-electron chi connectivity index (χ1n) is 11.1. The van der Waals surface area contributed by atoms with Crippen LogP contribution in [0.3, 0.4) is 0 Å². The lowest BCUT2D eigenvalue weighted by atomic mass is 10.2. The molecule has 1 aliphatic heterocycles. The van der Waals surface area contributed by atoms with Crippen LogP contribution in [0.4, 0.5) is 10.6 Å². The molecule has 1 aromatic carbocycles. The Hall–Kier alpha value is -3.45. The molecular formula is C22H29N5O7S. The van der Waals surface area contributed by atoms with Gasteiger partial charge in [0.05, 0.1) is 23.6 Å². The Morgan fingerprint density at radius 1 is 1.11 bits per heavy atom. The molecule has 0 atom stereocenters. The molecule has 1 amide bonds. The molecule has 0 unspecified atom stereocenters. The fourth-order valence-electron chi connectivity index (χ4n) is 3.61. The van der Waals surface area contributed by atoms with Crippen molar-refractivity contribution in [2.24, 2.45) is 0 Å². The number of nitrogens with zero attached hydrogens (tertiary/aromatic N) is 5. The third-order valence-electron chi connectivity index (χ3n) is 5.57. The monoisotopic (exact) mass is 507 g/mol. The second kappa shape index (κ2) is 10.9. The maximum atomic E-state index is 13.4. The molecule has 1 aliphatic rings. The van der Waals surface area contributed by atoms with Crippen LogP contribution in [0, 0.1) is 0 Å². The van der Waals surface area contributed by atoms with Gasteiger partial charge in [-0.15, -0.1) is 0 Å². The van der Waals surface area contributed by atoms with E-state index in [1.165, 1.54) is 54.0 Å².